The van der Waals surface area contributed by atoms with Gasteiger partial charge in [0.2, 0.25) is 0 Å². The molecule has 0 radical (unpaired) electrons. The van der Waals surface area contributed by atoms with Crippen molar-refractivity contribution in [2.45, 2.75) is 19.4 Å². The van der Waals surface area contributed by atoms with Crippen LogP contribution in [-0.4, -0.2) is 20.6 Å². The van der Waals surface area contributed by atoms with Gasteiger partial charge in [-0.2, -0.15) is 0 Å². The van der Waals surface area contributed by atoms with Crippen molar-refractivity contribution in [3.63, 3.8) is 0 Å². The zero-order valence-corrected chi connectivity index (χ0v) is 17.7. The number of nitrogens with zero attached hydrogens (tertiary/aromatic N) is 1. The van der Waals surface area contributed by atoms with E-state index in [9.17, 15) is 18.8 Å². The largest absolute Gasteiger partial charge is 0.478 e. The van der Waals surface area contributed by atoms with Crippen LogP contribution in [0.4, 0.5) is 4.39 Å². The molecule has 0 saturated heterocycles. The van der Waals surface area contributed by atoms with Gasteiger partial charge in [0.05, 0.1) is 21.9 Å². The van der Waals surface area contributed by atoms with Gasteiger partial charge in [-0.3, -0.25) is 14.3 Å². The molecule has 0 aliphatic carbocycles. The van der Waals surface area contributed by atoms with Gasteiger partial charge in [-0.1, -0.05) is 36.1 Å². The number of fused-ring (bicyclic) bond motifs is 1. The number of aromatic carboxylic acids is 1. The Bertz CT molecular complexity index is 1500. The van der Waals surface area contributed by atoms with Crippen LogP contribution in [0.3, 0.4) is 0 Å². The summed E-state index contributed by atoms with van der Waals surface area (Å²) in [7, 11) is 0. The molecule has 0 saturated carbocycles. The molecule has 1 atom stereocenters. The number of thiophene rings is 1. The first-order valence-corrected chi connectivity index (χ1v) is 10.5. The van der Waals surface area contributed by atoms with Crippen LogP contribution >= 0.6 is 11.3 Å². The van der Waals surface area contributed by atoms with Gasteiger partial charge in [0.25, 0.3) is 5.56 Å². The van der Waals surface area contributed by atoms with E-state index in [0.29, 0.717) is 27.1 Å². The van der Waals surface area contributed by atoms with Crippen molar-refractivity contribution < 1.29 is 14.3 Å². The molecule has 8 heteroatoms. The summed E-state index contributed by atoms with van der Waals surface area (Å²) < 4.78 is 14.4. The molecule has 2 N–H and O–H groups in total. The molecule has 0 aliphatic rings. The second-order valence-corrected chi connectivity index (χ2v) is 8.22. The molecule has 0 fully saturated rings. The number of nitrogens with one attached hydrogen (secondary N) is 1. The first-order valence-electron chi connectivity index (χ1n) is 9.68. The summed E-state index contributed by atoms with van der Waals surface area (Å²) in [5.74, 6) is 4.55. The SMILES string of the molecule is CC(c1ccc(C(=O)O)cc1)n1c(=O)[nH]c2sc(C#CCc3cccc(F)c3)cc2c1=O. The number of aromatic nitrogens is 2. The van der Waals surface area contributed by atoms with Crippen LogP contribution in [0.25, 0.3) is 10.2 Å². The van der Waals surface area contributed by atoms with Gasteiger partial charge in [-0.05, 0) is 48.4 Å². The minimum absolute atomic E-state index is 0.122. The summed E-state index contributed by atoms with van der Waals surface area (Å²) in [6, 6.07) is 13.3. The smallest absolute Gasteiger partial charge is 0.335 e. The van der Waals surface area contributed by atoms with E-state index in [2.05, 4.69) is 16.8 Å². The topological polar surface area (TPSA) is 92.2 Å². The van der Waals surface area contributed by atoms with Gasteiger partial charge in [-0.15, -0.1) is 11.3 Å². The van der Waals surface area contributed by atoms with Crippen molar-refractivity contribution in [3.8, 4) is 11.8 Å². The minimum Gasteiger partial charge on any atom is -0.478 e. The number of carboxylic acids is 1. The molecule has 1 unspecified atom stereocenters. The van der Waals surface area contributed by atoms with Crippen molar-refractivity contribution in [3.05, 3.63) is 103 Å². The Hall–Kier alpha value is -3.96. The van der Waals surface area contributed by atoms with Crippen LogP contribution < -0.4 is 11.2 Å². The normalized spacial score (nSPS) is 11.7. The lowest BCUT2D eigenvalue weighted by Gasteiger charge is -2.14. The summed E-state index contributed by atoms with van der Waals surface area (Å²) in [5, 5.41) is 9.39. The van der Waals surface area contributed by atoms with Crippen LogP contribution in [0, 0.1) is 17.7 Å². The highest BCUT2D eigenvalue weighted by Crippen LogP contribution is 2.21. The Kier molecular flexibility index (Phi) is 5.75. The molecule has 2 aromatic heterocycles. The average molecular weight is 448 g/mol. The van der Waals surface area contributed by atoms with Crippen molar-refractivity contribution in [1.29, 1.82) is 0 Å². The molecule has 160 valence electrons. The van der Waals surface area contributed by atoms with Gasteiger partial charge in [0.15, 0.2) is 0 Å². The predicted molar refractivity (Wildman–Crippen MR) is 121 cm³/mol. The summed E-state index contributed by atoms with van der Waals surface area (Å²) in [4.78, 5) is 40.5. The lowest BCUT2D eigenvalue weighted by molar-refractivity contribution is 0.0697. The summed E-state index contributed by atoms with van der Waals surface area (Å²) in [6.07, 6.45) is 0.357. The van der Waals surface area contributed by atoms with Gasteiger partial charge in [-0.25, -0.2) is 14.0 Å². The molecule has 2 heterocycles. The van der Waals surface area contributed by atoms with Gasteiger partial charge in [0.1, 0.15) is 10.6 Å². The maximum atomic E-state index is 13.3. The summed E-state index contributed by atoms with van der Waals surface area (Å²) >= 11 is 1.20. The highest BCUT2D eigenvalue weighted by Gasteiger charge is 2.17. The van der Waals surface area contributed by atoms with E-state index in [1.165, 1.54) is 35.6 Å². The van der Waals surface area contributed by atoms with Crippen LogP contribution in [0.1, 0.15) is 39.3 Å². The number of benzene rings is 2. The number of carbonyl (C=O) groups is 1. The predicted octanol–water partition coefficient (Wildman–Crippen LogP) is 3.79. The van der Waals surface area contributed by atoms with Gasteiger partial charge >= 0.3 is 11.7 Å². The Morgan fingerprint density at radius 2 is 1.94 bits per heavy atom. The zero-order valence-electron chi connectivity index (χ0n) is 16.9. The zero-order chi connectivity index (χ0) is 22.8. The maximum Gasteiger partial charge on any atom is 0.335 e. The molecular formula is C24H17FN2O4S. The fraction of sp³-hybridized carbons (Fsp3) is 0.125. The number of aromatic amines is 1. The Balaban J connectivity index is 1.66. The number of hydrogen-bond acceptors (Lipinski definition) is 4. The third-order valence-electron chi connectivity index (χ3n) is 5.04. The highest BCUT2D eigenvalue weighted by molar-refractivity contribution is 7.19. The van der Waals surface area contributed by atoms with E-state index in [0.717, 1.165) is 10.1 Å². The van der Waals surface area contributed by atoms with Crippen LogP contribution in [0.5, 0.6) is 0 Å². The molecule has 0 spiro atoms. The lowest BCUT2D eigenvalue weighted by Crippen LogP contribution is -2.37. The number of rotatable bonds is 4. The van der Waals surface area contributed by atoms with E-state index in [1.54, 1.807) is 37.3 Å². The first kappa shape index (κ1) is 21.3. The number of hydrogen-bond donors (Lipinski definition) is 2. The second-order valence-electron chi connectivity index (χ2n) is 7.17. The number of carboxylic acid groups (broad SMARTS) is 1. The minimum atomic E-state index is -1.05. The first-order chi connectivity index (χ1) is 15.3. The van der Waals surface area contributed by atoms with E-state index in [1.807, 2.05) is 0 Å². The summed E-state index contributed by atoms with van der Waals surface area (Å²) in [5.41, 5.74) is 0.493. The van der Waals surface area contributed by atoms with Crippen molar-refractivity contribution >= 4 is 27.5 Å². The Labute approximate surface area is 185 Å². The standard InChI is InChI=1S/C24H17FN2O4S/c1-14(16-8-10-17(11-9-16)23(29)30)27-22(28)20-13-19(32-21(20)26-24(27)31)7-3-5-15-4-2-6-18(25)12-15/h2,4,6,8-14H,5H2,1H3,(H,26,31)(H,29,30). The highest BCUT2D eigenvalue weighted by atomic mass is 32.1. The number of H-pyrrole nitrogens is 1. The third-order valence-corrected chi connectivity index (χ3v) is 6.01. The monoisotopic (exact) mass is 448 g/mol. The number of halogens is 1. The van der Waals surface area contributed by atoms with Crippen LogP contribution in [0.2, 0.25) is 0 Å². The molecule has 32 heavy (non-hydrogen) atoms. The van der Waals surface area contributed by atoms with E-state index in [4.69, 9.17) is 5.11 Å². The molecule has 2 aromatic carbocycles. The van der Waals surface area contributed by atoms with Crippen LogP contribution in [0.15, 0.2) is 64.2 Å². The molecule has 0 bridgehead atoms. The molecule has 4 aromatic rings. The van der Waals surface area contributed by atoms with Crippen LogP contribution in [-0.2, 0) is 6.42 Å². The fourth-order valence-electron chi connectivity index (χ4n) is 3.37. The Morgan fingerprint density at radius 1 is 1.19 bits per heavy atom. The molecule has 0 amide bonds. The maximum absolute atomic E-state index is 13.3. The molecular weight excluding hydrogens is 431 g/mol. The quantitative estimate of drug-likeness (QED) is 0.465. The third kappa shape index (κ3) is 4.24. The van der Waals surface area contributed by atoms with Crippen molar-refractivity contribution in [1.82, 2.24) is 9.55 Å². The average Bonchev–Trinajstić information content (AvgIpc) is 3.16. The van der Waals surface area contributed by atoms with Gasteiger partial charge < -0.3 is 5.11 Å². The molecule has 4 rings (SSSR count). The second kappa shape index (κ2) is 8.65. The lowest BCUT2D eigenvalue weighted by atomic mass is 10.1. The Morgan fingerprint density at radius 3 is 2.62 bits per heavy atom. The van der Waals surface area contributed by atoms with E-state index >= 15 is 0 Å². The summed E-state index contributed by atoms with van der Waals surface area (Å²) in [6.45, 7) is 1.70. The fourth-order valence-corrected chi connectivity index (χ4v) is 4.28. The van der Waals surface area contributed by atoms with E-state index < -0.39 is 23.3 Å². The molecule has 6 nitrogen and oxygen atoms in total. The molecule has 0 aliphatic heterocycles. The van der Waals surface area contributed by atoms with Crippen molar-refractivity contribution in [2.75, 3.05) is 0 Å². The van der Waals surface area contributed by atoms with Gasteiger partial charge in [0, 0.05) is 6.42 Å². The van der Waals surface area contributed by atoms with Crippen molar-refractivity contribution in [2.24, 2.45) is 0 Å². The van der Waals surface area contributed by atoms with E-state index in [-0.39, 0.29) is 11.4 Å².